The zero-order valence-corrected chi connectivity index (χ0v) is 24.4. The molecule has 2 aliphatic rings. The van der Waals surface area contributed by atoms with E-state index in [1.807, 2.05) is 11.4 Å². The fourth-order valence-electron chi connectivity index (χ4n) is 5.85. The molecule has 3 heterocycles. The van der Waals surface area contributed by atoms with E-state index in [-0.39, 0.29) is 21.9 Å². The summed E-state index contributed by atoms with van der Waals surface area (Å²) in [4.78, 5) is 20.4. The number of rotatable bonds is 6. The number of thiazole rings is 1. The van der Waals surface area contributed by atoms with Gasteiger partial charge in [0.25, 0.3) is 0 Å². The van der Waals surface area contributed by atoms with Crippen molar-refractivity contribution in [3.05, 3.63) is 82.9 Å². The number of nitrogens with one attached hydrogen (secondary N) is 1. The molecule has 35 heavy (non-hydrogen) atoms. The molecule has 2 aliphatic heterocycles. The van der Waals surface area contributed by atoms with Crippen molar-refractivity contribution in [2.24, 2.45) is 5.41 Å². The number of ketones is 1. The van der Waals surface area contributed by atoms with Gasteiger partial charge in [-0.05, 0) is 11.0 Å². The van der Waals surface area contributed by atoms with Crippen LogP contribution in [0.15, 0.2) is 66.0 Å². The van der Waals surface area contributed by atoms with Crippen LogP contribution in [0.4, 0.5) is 5.13 Å². The Morgan fingerprint density at radius 3 is 2.34 bits per heavy atom. The number of Topliss-reactive ketones (excluding diaryl/α,β-unsaturated/α-hetero) is 1. The van der Waals surface area contributed by atoms with E-state index in [9.17, 15) is 4.79 Å². The first kappa shape index (κ1) is 24.7. The van der Waals surface area contributed by atoms with Gasteiger partial charge in [0.2, 0.25) is 0 Å². The van der Waals surface area contributed by atoms with Crippen LogP contribution in [0, 0.1) is 5.41 Å². The molecule has 0 radical (unpaired) electrons. The van der Waals surface area contributed by atoms with Gasteiger partial charge in [0.1, 0.15) is 16.2 Å². The third-order valence-electron chi connectivity index (χ3n) is 7.56. The predicted octanol–water partition coefficient (Wildman–Crippen LogP) is 3.98. The van der Waals surface area contributed by atoms with Crippen LogP contribution in [0.1, 0.15) is 42.4 Å². The van der Waals surface area contributed by atoms with Crippen LogP contribution in [0.25, 0.3) is 0 Å². The Labute approximate surface area is 219 Å². The second-order valence-corrected chi connectivity index (χ2v) is 12.8. The average Bonchev–Trinajstić information content (AvgIpc) is 3.34. The van der Waals surface area contributed by atoms with Crippen molar-refractivity contribution in [3.63, 3.8) is 0 Å². The van der Waals surface area contributed by atoms with Crippen LogP contribution in [-0.2, 0) is 15.6 Å². The van der Waals surface area contributed by atoms with Crippen LogP contribution in [0.3, 0.4) is 0 Å². The molecule has 2 aromatic carbocycles. The molecule has 0 saturated carbocycles. The average molecular weight is 524 g/mol. The summed E-state index contributed by atoms with van der Waals surface area (Å²) in [6.45, 7) is 9.34. The van der Waals surface area contributed by atoms with Crippen molar-refractivity contribution >= 4 is 44.5 Å². The van der Waals surface area contributed by atoms with E-state index in [0.29, 0.717) is 22.7 Å². The van der Waals surface area contributed by atoms with Gasteiger partial charge in [0.15, 0.2) is 16.6 Å². The molecule has 184 valence electrons. The number of benzene rings is 2. The van der Waals surface area contributed by atoms with Crippen LogP contribution in [-0.4, -0.2) is 51.9 Å². The van der Waals surface area contributed by atoms with Crippen molar-refractivity contribution in [1.82, 2.24) is 10.3 Å². The lowest BCUT2D eigenvalue weighted by atomic mass is 9.50. The summed E-state index contributed by atoms with van der Waals surface area (Å²) in [5, 5.41) is 6.04. The molecule has 0 aliphatic carbocycles. The number of nitrogens with zero attached hydrogens (tertiary/aromatic N) is 2. The summed E-state index contributed by atoms with van der Waals surface area (Å²) < 4.78 is 6.74. The van der Waals surface area contributed by atoms with Gasteiger partial charge in [0.05, 0.1) is 10.7 Å². The Morgan fingerprint density at radius 1 is 1.11 bits per heavy atom. The van der Waals surface area contributed by atoms with Crippen LogP contribution >= 0.6 is 23.1 Å². The minimum absolute atomic E-state index is 0.0678. The molecule has 0 spiro atoms. The molecular weight excluding hydrogens is 491 g/mol. The molecule has 0 amide bonds. The molecule has 5 nitrogen and oxygen atoms in total. The number of aromatic nitrogens is 1. The van der Waals surface area contributed by atoms with E-state index in [1.54, 1.807) is 23.1 Å². The molecule has 3 atom stereocenters. The van der Waals surface area contributed by atoms with Crippen LogP contribution < -0.4 is 10.2 Å². The van der Waals surface area contributed by atoms with Gasteiger partial charge in [-0.15, -0.1) is 23.1 Å². The van der Waals surface area contributed by atoms with Gasteiger partial charge in [-0.3, -0.25) is 4.79 Å². The first-order valence-corrected chi connectivity index (χ1v) is 14.9. The van der Waals surface area contributed by atoms with Crippen molar-refractivity contribution in [3.8, 4) is 0 Å². The minimum atomic E-state index is -0.709. The molecule has 2 saturated heterocycles. The zero-order chi connectivity index (χ0) is 24.7. The Hall–Kier alpha value is -1.97. The first-order valence-electron chi connectivity index (χ1n) is 12.1. The number of hydrogen-bond donors (Lipinski definition) is 1. The molecule has 3 aromatic rings. The van der Waals surface area contributed by atoms with Crippen LogP contribution in [0.2, 0.25) is 0 Å². The van der Waals surface area contributed by atoms with Crippen molar-refractivity contribution in [2.75, 3.05) is 30.3 Å². The Morgan fingerprint density at radius 2 is 1.77 bits per heavy atom. The lowest BCUT2D eigenvalue weighted by Crippen LogP contribution is -2.79. The maximum absolute atomic E-state index is 13.2. The normalized spacial score (nSPS) is 26.9. The lowest BCUT2D eigenvalue weighted by molar-refractivity contribution is -0.130. The van der Waals surface area contributed by atoms with Gasteiger partial charge >= 0.3 is 0 Å². The van der Waals surface area contributed by atoms with Gasteiger partial charge in [-0.2, -0.15) is 0 Å². The van der Waals surface area contributed by atoms with E-state index in [4.69, 9.17) is 9.41 Å². The SMILES string of the molecule is CC(C)(C)C1(c2ccccc2)CN(c2nc(C(=O)C3CNCCS3)cs2)C1(O[SiH3])c1ccccc1. The fourth-order valence-corrected chi connectivity index (χ4v) is 8.57. The highest BCUT2D eigenvalue weighted by atomic mass is 32.2. The first-order chi connectivity index (χ1) is 16.8. The van der Waals surface area contributed by atoms with E-state index >= 15 is 0 Å². The second-order valence-electron chi connectivity index (χ2n) is 10.3. The second kappa shape index (κ2) is 9.48. The minimum Gasteiger partial charge on any atom is -0.402 e. The van der Waals surface area contributed by atoms with E-state index in [0.717, 1.165) is 29.5 Å². The standard InChI is InChI=1S/C27H33N3O2S2Si/c1-25(2,3)26(19-10-6-4-7-11-19)18-30(27(26,32-35)20-12-8-5-9-13-20)24-29-21(17-34-24)23(31)22-16-28-14-15-33-22/h4-13,17,22,28H,14-16,18H2,1-3,35H3. The Balaban J connectivity index is 1.62. The molecule has 0 bridgehead atoms. The summed E-state index contributed by atoms with van der Waals surface area (Å²) in [7, 11) is 0.554. The monoisotopic (exact) mass is 523 g/mol. The highest BCUT2D eigenvalue weighted by molar-refractivity contribution is 8.00. The van der Waals surface area contributed by atoms with E-state index in [2.05, 4.69) is 85.6 Å². The summed E-state index contributed by atoms with van der Waals surface area (Å²) in [5.74, 6) is 1.07. The summed E-state index contributed by atoms with van der Waals surface area (Å²) in [6.07, 6.45) is 0. The number of carbonyl (C=O) groups excluding carboxylic acids is 1. The molecule has 3 unspecified atom stereocenters. The largest absolute Gasteiger partial charge is 0.402 e. The van der Waals surface area contributed by atoms with Gasteiger partial charge < -0.3 is 14.6 Å². The molecule has 1 aromatic heterocycles. The smallest absolute Gasteiger partial charge is 0.196 e. The maximum atomic E-state index is 13.2. The van der Waals surface area contributed by atoms with E-state index < -0.39 is 5.72 Å². The Bertz CT molecular complexity index is 1180. The molecule has 5 rings (SSSR count). The fraction of sp³-hybridized carbons (Fsp3) is 0.407. The predicted molar refractivity (Wildman–Crippen MR) is 150 cm³/mol. The third-order valence-corrected chi connectivity index (χ3v) is 10.2. The highest BCUT2D eigenvalue weighted by Gasteiger charge is 2.71. The zero-order valence-electron chi connectivity index (χ0n) is 20.8. The molecule has 8 heteroatoms. The molecule has 2 fully saturated rings. The number of thioether (sulfide) groups is 1. The summed E-state index contributed by atoms with van der Waals surface area (Å²) >= 11 is 3.27. The van der Waals surface area contributed by atoms with Crippen molar-refractivity contribution in [1.29, 1.82) is 0 Å². The highest BCUT2D eigenvalue weighted by Crippen LogP contribution is 2.64. The number of carbonyl (C=O) groups is 1. The van der Waals surface area contributed by atoms with Gasteiger partial charge in [-0.25, -0.2) is 4.98 Å². The van der Waals surface area contributed by atoms with E-state index in [1.165, 1.54) is 5.56 Å². The number of anilines is 1. The van der Waals surface area contributed by atoms with Gasteiger partial charge in [-0.1, -0.05) is 81.4 Å². The van der Waals surface area contributed by atoms with Crippen LogP contribution in [0.5, 0.6) is 0 Å². The quantitative estimate of drug-likeness (QED) is 0.390. The van der Waals surface area contributed by atoms with Gasteiger partial charge in [0, 0.05) is 36.3 Å². The number of hydrogen-bond acceptors (Lipinski definition) is 7. The van der Waals surface area contributed by atoms with Crippen molar-refractivity contribution < 1.29 is 9.22 Å². The maximum Gasteiger partial charge on any atom is 0.196 e. The topological polar surface area (TPSA) is 54.5 Å². The van der Waals surface area contributed by atoms with Crippen molar-refractivity contribution in [2.45, 2.75) is 37.2 Å². The summed E-state index contributed by atoms with van der Waals surface area (Å²) in [5.41, 5.74) is 1.83. The molecule has 1 N–H and O–H groups in total. The lowest BCUT2D eigenvalue weighted by Gasteiger charge is -2.70. The summed E-state index contributed by atoms with van der Waals surface area (Å²) in [6, 6.07) is 21.3. The third kappa shape index (κ3) is 3.81. The molecular formula is C27H33N3O2S2Si. The Kier molecular flexibility index (Phi) is 6.69.